The Morgan fingerprint density at radius 1 is 0.797 bits per heavy atom. The summed E-state index contributed by atoms with van der Waals surface area (Å²) < 4.78 is 2.01. The molecule has 3 aromatic rings. The van der Waals surface area contributed by atoms with Crippen LogP contribution >= 0.6 is 0 Å². The highest BCUT2D eigenvalue weighted by molar-refractivity contribution is 5.99. The number of phenolic OH excluding ortho intramolecular Hbond substituents is 1. The maximum absolute atomic E-state index is 15.3. The molecule has 9 atom stereocenters. The Morgan fingerprint density at radius 3 is 2.01 bits per heavy atom. The lowest BCUT2D eigenvalue weighted by molar-refractivity contribution is -0.385. The minimum absolute atomic E-state index is 0.00993. The van der Waals surface area contributed by atoms with Crippen molar-refractivity contribution in [2.45, 2.75) is 155 Å². The van der Waals surface area contributed by atoms with E-state index in [0.29, 0.717) is 5.56 Å². The number of hydrogen-bond donors (Lipinski definition) is 6. The first-order chi connectivity index (χ1) is 34.7. The van der Waals surface area contributed by atoms with E-state index >= 15 is 4.79 Å². The van der Waals surface area contributed by atoms with Crippen LogP contribution in [0.3, 0.4) is 0 Å². The molecule has 20 nitrogen and oxygen atoms in total. The average molecular weight is 1030 g/mol. The van der Waals surface area contributed by atoms with Gasteiger partial charge < -0.3 is 50.7 Å². The number of phenols is 1. The molecule has 2 bridgehead atoms. The summed E-state index contributed by atoms with van der Waals surface area (Å²) in [4.78, 5) is 118. The molecule has 2 fully saturated rings. The number of nitro benzene ring substituents is 1. The van der Waals surface area contributed by atoms with Gasteiger partial charge in [-0.3, -0.25) is 43.7 Å². The van der Waals surface area contributed by atoms with Gasteiger partial charge in [0, 0.05) is 56.0 Å². The van der Waals surface area contributed by atoms with Crippen LogP contribution in [-0.4, -0.2) is 138 Å². The molecule has 5 rings (SSSR count). The van der Waals surface area contributed by atoms with E-state index in [-0.39, 0.29) is 55.9 Å². The third-order valence-electron chi connectivity index (χ3n) is 14.1. The fourth-order valence-electron chi connectivity index (χ4n) is 9.74. The standard InChI is InChI=1S/C54H75N9O11/c1-13-15-19-37-46(65)58-39(28-35-29-61(54(9,10)14-2)40-20-17-16-18-36(35)40)52(71)59(11)42(23-30(3)4)48(67)57-38(26-34-21-22-45(64)41(27-34)63(73)74)47(66)55-33(8)51(70)60(12)44-25-32(7)50(69)62(53(44)72)43(24-31(5)6)49(68)56-37/h13-18,20-22,27,29-33,37-39,42-44,50,64,69H,2,19,23-26,28H2,1,3-12H3,(H,55,66)(H,56,68)(H,57,67)(H,58,65)/b15-13+/t32-,33-,37-,38-,39-,42-,43-,44-,50-/m0/s1. The van der Waals surface area contributed by atoms with E-state index in [4.69, 9.17) is 0 Å². The van der Waals surface area contributed by atoms with Crippen LogP contribution in [0.5, 0.6) is 5.75 Å². The van der Waals surface area contributed by atoms with Crippen molar-refractivity contribution >= 4 is 57.9 Å². The van der Waals surface area contributed by atoms with E-state index < -0.39 is 118 Å². The Balaban J connectivity index is 1.72. The number of rotatable bonds is 13. The number of piperidine rings is 1. The fourth-order valence-corrected chi connectivity index (χ4v) is 9.74. The largest absolute Gasteiger partial charge is 0.502 e. The maximum Gasteiger partial charge on any atom is 0.310 e. The predicted octanol–water partition coefficient (Wildman–Crippen LogP) is 4.20. The normalized spacial score (nSPS) is 25.5. The van der Waals surface area contributed by atoms with Crippen molar-refractivity contribution in [3.05, 3.63) is 94.7 Å². The molecule has 0 unspecified atom stereocenters. The molecular weight excluding hydrogens is 951 g/mol. The number of likely N-dealkylation sites (N-methyl/N-ethyl adjacent to an activating group) is 2. The van der Waals surface area contributed by atoms with Gasteiger partial charge in [-0.2, -0.15) is 0 Å². The third kappa shape index (κ3) is 13.2. The Labute approximate surface area is 433 Å². The van der Waals surface area contributed by atoms with Crippen molar-refractivity contribution in [2.75, 3.05) is 14.1 Å². The van der Waals surface area contributed by atoms with Gasteiger partial charge >= 0.3 is 5.69 Å². The SMILES string of the molecule is C=CC(C)(C)n1cc(C[C@@H]2NC(=O)[C@H](C/C=C/C)NC(=O)[C@H](CC(C)C)N3C(=O)[C@H](C[C@H](C)[C@@H]3O)N(C)C(=O)[C@H](C)NC(=O)[C@H](Cc3ccc(O)c([N+](=O)[O-])c3)NC(=O)[C@H](CC(C)C)N(C)C2=O)c2ccccc21. The molecule has 74 heavy (non-hydrogen) atoms. The molecular formula is C54H75N9O11. The third-order valence-corrected chi connectivity index (χ3v) is 14.1. The summed E-state index contributed by atoms with van der Waals surface area (Å²) in [6.45, 7) is 20.1. The first-order valence-corrected chi connectivity index (χ1v) is 25.3. The lowest BCUT2D eigenvalue weighted by atomic mass is 9.89. The van der Waals surface area contributed by atoms with Crippen molar-refractivity contribution < 1.29 is 48.7 Å². The molecule has 0 spiro atoms. The quantitative estimate of drug-likeness (QED) is 0.0803. The molecule has 3 heterocycles. The number of amides is 7. The number of nitrogens with zero attached hydrogens (tertiary/aromatic N) is 5. The Bertz CT molecular complexity index is 2640. The molecule has 0 radical (unpaired) electrons. The van der Waals surface area contributed by atoms with E-state index in [1.165, 1.54) is 32.0 Å². The van der Waals surface area contributed by atoms with Crippen molar-refractivity contribution in [2.24, 2.45) is 17.8 Å². The number of aromatic hydroxyl groups is 1. The number of benzene rings is 2. The van der Waals surface area contributed by atoms with Crippen molar-refractivity contribution in [3.63, 3.8) is 0 Å². The number of hydrogen-bond acceptors (Lipinski definition) is 11. The van der Waals surface area contributed by atoms with Crippen LogP contribution in [0.1, 0.15) is 99.1 Å². The summed E-state index contributed by atoms with van der Waals surface area (Å²) in [5, 5.41) is 45.8. The molecule has 20 heteroatoms. The van der Waals surface area contributed by atoms with Crippen molar-refractivity contribution in [1.82, 2.24) is 40.5 Å². The zero-order valence-corrected chi connectivity index (χ0v) is 44.5. The molecule has 2 aliphatic rings. The lowest BCUT2D eigenvalue weighted by Gasteiger charge is -2.46. The summed E-state index contributed by atoms with van der Waals surface area (Å²) in [6.07, 6.45) is 5.16. The summed E-state index contributed by atoms with van der Waals surface area (Å²) in [5.41, 5.74) is 0.403. The zero-order valence-electron chi connectivity index (χ0n) is 44.5. The lowest BCUT2D eigenvalue weighted by Crippen LogP contribution is -2.66. The molecule has 2 saturated heterocycles. The monoisotopic (exact) mass is 1030 g/mol. The number of carbonyl (C=O) groups excluding carboxylic acids is 7. The van der Waals surface area contributed by atoms with Crippen LogP contribution in [0, 0.1) is 27.9 Å². The highest BCUT2D eigenvalue weighted by Crippen LogP contribution is 2.32. The summed E-state index contributed by atoms with van der Waals surface area (Å²) >= 11 is 0. The van der Waals surface area contributed by atoms with E-state index in [2.05, 4.69) is 27.8 Å². The predicted molar refractivity (Wildman–Crippen MR) is 279 cm³/mol. The Kier molecular flexibility index (Phi) is 19.0. The molecule has 1 aromatic heterocycles. The van der Waals surface area contributed by atoms with E-state index in [0.717, 1.165) is 32.8 Å². The summed E-state index contributed by atoms with van der Waals surface area (Å²) in [5.74, 6) is -7.09. The number of allylic oxidation sites excluding steroid dienone is 2. The molecule has 2 aliphatic heterocycles. The van der Waals surface area contributed by atoms with Crippen LogP contribution in [0.15, 0.2) is 73.5 Å². The van der Waals surface area contributed by atoms with Gasteiger partial charge in [0.25, 0.3) is 0 Å². The summed E-state index contributed by atoms with van der Waals surface area (Å²) in [7, 11) is 2.78. The first kappa shape index (κ1) is 57.8. The second-order valence-electron chi connectivity index (χ2n) is 21.2. The van der Waals surface area contributed by atoms with E-state index in [1.807, 2.05) is 76.6 Å². The van der Waals surface area contributed by atoms with Crippen molar-refractivity contribution in [3.8, 4) is 5.75 Å². The molecule has 0 saturated carbocycles. The van der Waals surface area contributed by atoms with Crippen LogP contribution in [0.2, 0.25) is 0 Å². The number of aliphatic hydroxyl groups excluding tert-OH is 1. The van der Waals surface area contributed by atoms with Crippen molar-refractivity contribution in [1.29, 1.82) is 0 Å². The minimum Gasteiger partial charge on any atom is -0.502 e. The van der Waals surface area contributed by atoms with Gasteiger partial charge in [0.1, 0.15) is 48.5 Å². The van der Waals surface area contributed by atoms with Gasteiger partial charge in [-0.25, -0.2) is 0 Å². The van der Waals surface area contributed by atoms with Gasteiger partial charge in [-0.1, -0.05) is 77.1 Å². The first-order valence-electron chi connectivity index (χ1n) is 25.3. The molecule has 6 N–H and O–H groups in total. The second kappa shape index (κ2) is 24.3. The number of para-hydroxylation sites is 1. The van der Waals surface area contributed by atoms with Crippen LogP contribution in [0.4, 0.5) is 5.69 Å². The number of nitrogens with one attached hydrogen (secondary N) is 4. The number of carbonyl (C=O) groups is 7. The molecule has 0 aliphatic carbocycles. The van der Waals surface area contributed by atoms with Crippen LogP contribution < -0.4 is 21.3 Å². The highest BCUT2D eigenvalue weighted by atomic mass is 16.6. The molecule has 7 amide bonds. The fraction of sp³-hybridized carbons (Fsp3) is 0.537. The maximum atomic E-state index is 15.3. The van der Waals surface area contributed by atoms with Gasteiger partial charge in [-0.05, 0) is 88.5 Å². The topological polar surface area (TPSA) is 266 Å². The molecule has 2 aromatic carbocycles. The summed E-state index contributed by atoms with van der Waals surface area (Å²) in [6, 6.07) is 1.66. The van der Waals surface area contributed by atoms with Gasteiger partial charge in [0.05, 0.1) is 10.5 Å². The van der Waals surface area contributed by atoms with Gasteiger partial charge in [-0.15, -0.1) is 6.58 Å². The van der Waals surface area contributed by atoms with Crippen LogP contribution in [0.25, 0.3) is 10.9 Å². The van der Waals surface area contributed by atoms with E-state index in [1.54, 1.807) is 32.1 Å². The second-order valence-corrected chi connectivity index (χ2v) is 21.2. The average Bonchev–Trinajstić information content (AvgIpc) is 3.72. The molecule has 402 valence electrons. The highest BCUT2D eigenvalue weighted by Gasteiger charge is 2.48. The van der Waals surface area contributed by atoms with Gasteiger partial charge in [0.15, 0.2) is 5.75 Å². The Hall–Kier alpha value is -7.09. The number of nitro groups is 1. The zero-order chi connectivity index (χ0) is 55.1. The number of aromatic nitrogens is 1. The van der Waals surface area contributed by atoms with Crippen LogP contribution in [-0.2, 0) is 51.9 Å². The minimum atomic E-state index is -1.53. The number of fused-ring (bicyclic) bond motifs is 3. The van der Waals surface area contributed by atoms with E-state index in [9.17, 15) is 49.1 Å². The Morgan fingerprint density at radius 2 is 1.39 bits per heavy atom. The van der Waals surface area contributed by atoms with Gasteiger partial charge in [0.2, 0.25) is 41.4 Å². The smallest absolute Gasteiger partial charge is 0.310 e. The number of aliphatic hydroxyl groups is 1.